The van der Waals surface area contributed by atoms with Crippen molar-refractivity contribution < 1.29 is 4.74 Å². The minimum Gasteiger partial charge on any atom is -0.381 e. The first-order valence-electron chi connectivity index (χ1n) is 6.53. The van der Waals surface area contributed by atoms with Crippen LogP contribution in [0.4, 0.5) is 5.69 Å². The van der Waals surface area contributed by atoms with E-state index in [1.165, 1.54) is 0 Å². The molecule has 0 heterocycles. The summed E-state index contributed by atoms with van der Waals surface area (Å²) in [5, 5.41) is 12.7. The summed E-state index contributed by atoms with van der Waals surface area (Å²) in [6, 6.07) is 8.72. The molecule has 0 atom stereocenters. The zero-order chi connectivity index (χ0) is 13.0. The smallest absolute Gasteiger partial charge is 0.102 e. The van der Waals surface area contributed by atoms with Gasteiger partial charge in [-0.2, -0.15) is 5.26 Å². The van der Waals surface area contributed by atoms with E-state index in [4.69, 9.17) is 4.74 Å². The van der Waals surface area contributed by atoms with Crippen LogP contribution in [-0.4, -0.2) is 19.3 Å². The SMILES string of the molecule is COC1CCC(Nc2cccc(C)c2C#N)CC1. The minimum absolute atomic E-state index is 0.413. The van der Waals surface area contributed by atoms with Gasteiger partial charge in [0.2, 0.25) is 0 Å². The Balaban J connectivity index is 2.03. The van der Waals surface area contributed by atoms with Crippen LogP contribution in [0.1, 0.15) is 36.8 Å². The highest BCUT2D eigenvalue weighted by molar-refractivity contribution is 5.61. The second-order valence-electron chi connectivity index (χ2n) is 4.96. The van der Waals surface area contributed by atoms with Crippen molar-refractivity contribution in [3.05, 3.63) is 29.3 Å². The summed E-state index contributed by atoms with van der Waals surface area (Å²) in [4.78, 5) is 0. The Labute approximate surface area is 109 Å². The maximum Gasteiger partial charge on any atom is 0.102 e. The number of benzene rings is 1. The van der Waals surface area contributed by atoms with Gasteiger partial charge in [-0.25, -0.2) is 0 Å². The molecule has 0 radical (unpaired) electrons. The molecule has 1 aromatic carbocycles. The lowest BCUT2D eigenvalue weighted by Crippen LogP contribution is -2.29. The van der Waals surface area contributed by atoms with E-state index in [0.29, 0.717) is 12.1 Å². The molecule has 96 valence electrons. The molecule has 1 saturated carbocycles. The summed E-state index contributed by atoms with van der Waals surface area (Å²) in [6.45, 7) is 1.98. The highest BCUT2D eigenvalue weighted by Gasteiger charge is 2.21. The molecule has 1 fully saturated rings. The van der Waals surface area contributed by atoms with Gasteiger partial charge in [0.25, 0.3) is 0 Å². The molecular weight excluding hydrogens is 224 g/mol. The average Bonchev–Trinajstić information content (AvgIpc) is 2.40. The molecule has 1 aliphatic rings. The molecule has 1 N–H and O–H groups in total. The normalized spacial score (nSPS) is 23.4. The highest BCUT2D eigenvalue weighted by atomic mass is 16.5. The second kappa shape index (κ2) is 5.88. The van der Waals surface area contributed by atoms with Crippen molar-refractivity contribution in [1.82, 2.24) is 0 Å². The number of nitrogens with zero attached hydrogens (tertiary/aromatic N) is 1. The fourth-order valence-electron chi connectivity index (χ4n) is 2.60. The lowest BCUT2D eigenvalue weighted by Gasteiger charge is -2.29. The number of nitrogens with one attached hydrogen (secondary N) is 1. The van der Waals surface area contributed by atoms with Crippen molar-refractivity contribution in [2.75, 3.05) is 12.4 Å². The Hall–Kier alpha value is -1.53. The van der Waals surface area contributed by atoms with Crippen LogP contribution >= 0.6 is 0 Å². The summed E-state index contributed by atoms with van der Waals surface area (Å²) in [5.74, 6) is 0. The van der Waals surface area contributed by atoms with Crippen molar-refractivity contribution >= 4 is 5.69 Å². The average molecular weight is 244 g/mol. The van der Waals surface area contributed by atoms with E-state index in [0.717, 1.165) is 42.5 Å². The number of anilines is 1. The van der Waals surface area contributed by atoms with E-state index < -0.39 is 0 Å². The van der Waals surface area contributed by atoms with Crippen LogP contribution in [-0.2, 0) is 4.74 Å². The third-order valence-electron chi connectivity index (χ3n) is 3.75. The van der Waals surface area contributed by atoms with Gasteiger partial charge in [-0.05, 0) is 44.2 Å². The van der Waals surface area contributed by atoms with E-state index in [2.05, 4.69) is 11.4 Å². The number of hydrogen-bond donors (Lipinski definition) is 1. The van der Waals surface area contributed by atoms with E-state index in [9.17, 15) is 5.26 Å². The molecule has 2 rings (SSSR count). The molecule has 3 heteroatoms. The maximum absolute atomic E-state index is 9.20. The van der Waals surface area contributed by atoms with Crippen molar-refractivity contribution in [1.29, 1.82) is 5.26 Å². The van der Waals surface area contributed by atoms with Crippen LogP contribution in [0, 0.1) is 18.3 Å². The van der Waals surface area contributed by atoms with Gasteiger partial charge < -0.3 is 10.1 Å². The Bertz CT molecular complexity index is 442. The first kappa shape index (κ1) is 12.9. The van der Waals surface area contributed by atoms with E-state index in [1.807, 2.05) is 25.1 Å². The molecule has 0 aliphatic heterocycles. The number of rotatable bonds is 3. The predicted molar refractivity (Wildman–Crippen MR) is 72.6 cm³/mol. The lowest BCUT2D eigenvalue weighted by atomic mass is 9.92. The second-order valence-corrected chi connectivity index (χ2v) is 4.96. The van der Waals surface area contributed by atoms with Crippen LogP contribution in [0.2, 0.25) is 0 Å². The molecule has 0 unspecified atom stereocenters. The third-order valence-corrected chi connectivity index (χ3v) is 3.75. The van der Waals surface area contributed by atoms with Gasteiger partial charge in [-0.3, -0.25) is 0 Å². The number of aryl methyl sites for hydroxylation is 1. The zero-order valence-electron chi connectivity index (χ0n) is 11.1. The summed E-state index contributed by atoms with van der Waals surface area (Å²) in [5.41, 5.74) is 2.78. The fourth-order valence-corrected chi connectivity index (χ4v) is 2.60. The molecule has 0 saturated heterocycles. The molecule has 0 spiro atoms. The zero-order valence-corrected chi connectivity index (χ0v) is 11.1. The van der Waals surface area contributed by atoms with E-state index >= 15 is 0 Å². The van der Waals surface area contributed by atoms with Crippen LogP contribution in [0.5, 0.6) is 0 Å². The van der Waals surface area contributed by atoms with Gasteiger partial charge in [-0.15, -0.1) is 0 Å². The Morgan fingerprint density at radius 2 is 2.00 bits per heavy atom. The van der Waals surface area contributed by atoms with E-state index in [1.54, 1.807) is 7.11 Å². The molecular formula is C15H20N2O. The van der Waals surface area contributed by atoms with Crippen molar-refractivity contribution in [3.8, 4) is 6.07 Å². The minimum atomic E-state index is 0.413. The van der Waals surface area contributed by atoms with Gasteiger partial charge in [0, 0.05) is 13.2 Å². The third kappa shape index (κ3) is 2.83. The summed E-state index contributed by atoms with van der Waals surface area (Å²) < 4.78 is 5.37. The first-order valence-corrected chi connectivity index (χ1v) is 6.53. The number of nitriles is 1. The quantitative estimate of drug-likeness (QED) is 0.887. The number of methoxy groups -OCH3 is 1. The summed E-state index contributed by atoms with van der Waals surface area (Å²) in [7, 11) is 1.78. The fraction of sp³-hybridized carbons (Fsp3) is 0.533. The lowest BCUT2D eigenvalue weighted by molar-refractivity contribution is 0.0682. The maximum atomic E-state index is 9.20. The molecule has 1 aromatic rings. The molecule has 1 aliphatic carbocycles. The Morgan fingerprint density at radius 3 is 2.61 bits per heavy atom. The van der Waals surface area contributed by atoms with Gasteiger partial charge in [0.1, 0.15) is 6.07 Å². The van der Waals surface area contributed by atoms with Gasteiger partial charge >= 0.3 is 0 Å². The number of ether oxygens (including phenoxy) is 1. The topological polar surface area (TPSA) is 45.0 Å². The standard InChI is InChI=1S/C15H20N2O/c1-11-4-3-5-15(14(11)10-16)17-12-6-8-13(18-2)9-7-12/h3-5,12-13,17H,6-9H2,1-2H3. The van der Waals surface area contributed by atoms with Gasteiger partial charge in [0.05, 0.1) is 17.4 Å². The van der Waals surface area contributed by atoms with Crippen LogP contribution in [0.3, 0.4) is 0 Å². The monoisotopic (exact) mass is 244 g/mol. The molecule has 18 heavy (non-hydrogen) atoms. The first-order chi connectivity index (χ1) is 8.74. The van der Waals surface area contributed by atoms with Crippen molar-refractivity contribution in [2.24, 2.45) is 0 Å². The van der Waals surface area contributed by atoms with Gasteiger partial charge in [0.15, 0.2) is 0 Å². The summed E-state index contributed by atoms with van der Waals surface area (Å²) >= 11 is 0. The van der Waals surface area contributed by atoms with Crippen LogP contribution in [0.25, 0.3) is 0 Å². The Morgan fingerprint density at radius 1 is 1.28 bits per heavy atom. The number of hydrogen-bond acceptors (Lipinski definition) is 3. The van der Waals surface area contributed by atoms with Crippen molar-refractivity contribution in [2.45, 2.75) is 44.8 Å². The largest absolute Gasteiger partial charge is 0.381 e. The Kier molecular flexibility index (Phi) is 4.22. The van der Waals surface area contributed by atoms with E-state index in [-0.39, 0.29) is 0 Å². The molecule has 0 bridgehead atoms. The highest BCUT2D eigenvalue weighted by Crippen LogP contribution is 2.26. The molecule has 0 amide bonds. The predicted octanol–water partition coefficient (Wildman–Crippen LogP) is 3.24. The van der Waals surface area contributed by atoms with Crippen molar-refractivity contribution in [3.63, 3.8) is 0 Å². The van der Waals surface area contributed by atoms with Gasteiger partial charge in [-0.1, -0.05) is 12.1 Å². The molecule has 0 aromatic heterocycles. The molecule has 3 nitrogen and oxygen atoms in total. The van der Waals surface area contributed by atoms with Crippen LogP contribution in [0.15, 0.2) is 18.2 Å². The summed E-state index contributed by atoms with van der Waals surface area (Å²) in [6.07, 6.45) is 4.83. The van der Waals surface area contributed by atoms with Crippen LogP contribution < -0.4 is 5.32 Å².